The molecule has 0 radical (unpaired) electrons. The topological polar surface area (TPSA) is 43.4 Å². The second-order valence-electron chi connectivity index (χ2n) is 7.95. The van der Waals surface area contributed by atoms with Gasteiger partial charge in [-0.05, 0) is 26.1 Å². The fourth-order valence-electron chi connectivity index (χ4n) is 3.59. The van der Waals surface area contributed by atoms with Gasteiger partial charge in [0.1, 0.15) is 0 Å². The van der Waals surface area contributed by atoms with Crippen molar-refractivity contribution in [2.45, 2.75) is 32.2 Å². The maximum atomic E-state index is 13.4. The van der Waals surface area contributed by atoms with E-state index in [1.165, 1.54) is 0 Å². The molecule has 0 saturated carbocycles. The van der Waals surface area contributed by atoms with Gasteiger partial charge >= 0.3 is 0 Å². The largest absolute Gasteiger partial charge is 0.411 e. The number of carbonyl (C=O) groups excluding carboxylic acids is 2. The maximum Gasteiger partial charge on any atom is 0.184 e. The number of ketones is 2. The standard InChI is InChI=1S/C23H26O3Si/c1-27(2,3)26-20-16-10-15-19(22(24)17-11-6-4-7-12-17)21(20)23(25)18-13-8-5-9-14-18/h4-14,16,19-21H,15H2,1-3H3/t19-,20?,21+/m1/s1. The molecule has 0 heterocycles. The van der Waals surface area contributed by atoms with E-state index in [1.54, 1.807) is 0 Å². The summed E-state index contributed by atoms with van der Waals surface area (Å²) in [4.78, 5) is 26.6. The van der Waals surface area contributed by atoms with E-state index < -0.39 is 20.2 Å². The van der Waals surface area contributed by atoms with Gasteiger partial charge in [0, 0.05) is 17.0 Å². The highest BCUT2D eigenvalue weighted by molar-refractivity contribution is 6.69. The first-order valence-corrected chi connectivity index (χ1v) is 12.8. The molecular weight excluding hydrogens is 352 g/mol. The molecule has 0 saturated heterocycles. The third-order valence-electron chi connectivity index (χ3n) is 4.75. The van der Waals surface area contributed by atoms with Crippen LogP contribution in [0.15, 0.2) is 72.8 Å². The van der Waals surface area contributed by atoms with Crippen LogP contribution < -0.4 is 0 Å². The summed E-state index contributed by atoms with van der Waals surface area (Å²) < 4.78 is 6.33. The maximum absolute atomic E-state index is 13.4. The van der Waals surface area contributed by atoms with Crippen molar-refractivity contribution in [3.05, 3.63) is 83.9 Å². The van der Waals surface area contributed by atoms with Crippen LogP contribution in [0.2, 0.25) is 19.6 Å². The van der Waals surface area contributed by atoms with E-state index in [9.17, 15) is 9.59 Å². The van der Waals surface area contributed by atoms with Crippen molar-refractivity contribution in [1.82, 2.24) is 0 Å². The molecule has 3 atom stereocenters. The highest BCUT2D eigenvalue weighted by Gasteiger charge is 2.42. The first-order chi connectivity index (χ1) is 12.9. The Labute approximate surface area is 162 Å². The molecule has 0 spiro atoms. The lowest BCUT2D eigenvalue weighted by atomic mass is 9.73. The Morgan fingerprint density at radius 2 is 1.37 bits per heavy atom. The molecule has 1 unspecified atom stereocenters. The smallest absolute Gasteiger partial charge is 0.184 e. The van der Waals surface area contributed by atoms with Crippen molar-refractivity contribution in [2.75, 3.05) is 0 Å². The molecule has 0 fully saturated rings. The summed E-state index contributed by atoms with van der Waals surface area (Å²) in [6, 6.07) is 18.5. The molecule has 0 bridgehead atoms. The zero-order chi connectivity index (χ0) is 19.4. The van der Waals surface area contributed by atoms with Crippen LogP contribution in [0, 0.1) is 11.8 Å². The van der Waals surface area contributed by atoms with E-state index in [0.717, 1.165) is 0 Å². The van der Waals surface area contributed by atoms with Crippen LogP contribution in [0.5, 0.6) is 0 Å². The quantitative estimate of drug-likeness (QED) is 0.396. The zero-order valence-corrected chi connectivity index (χ0v) is 17.1. The third kappa shape index (κ3) is 4.70. The Morgan fingerprint density at radius 3 is 1.89 bits per heavy atom. The number of hydrogen-bond acceptors (Lipinski definition) is 3. The van der Waals surface area contributed by atoms with E-state index in [2.05, 4.69) is 19.6 Å². The van der Waals surface area contributed by atoms with Gasteiger partial charge in [0.15, 0.2) is 19.9 Å². The summed E-state index contributed by atoms with van der Waals surface area (Å²) >= 11 is 0. The normalized spacial score (nSPS) is 22.4. The minimum Gasteiger partial charge on any atom is -0.411 e. The Balaban J connectivity index is 1.99. The number of rotatable bonds is 6. The van der Waals surface area contributed by atoms with Gasteiger partial charge in [0.2, 0.25) is 0 Å². The van der Waals surface area contributed by atoms with Crippen LogP contribution in [0.4, 0.5) is 0 Å². The Morgan fingerprint density at radius 1 is 0.852 bits per heavy atom. The molecule has 0 aliphatic heterocycles. The van der Waals surface area contributed by atoms with Gasteiger partial charge in [0.05, 0.1) is 12.0 Å². The van der Waals surface area contributed by atoms with Gasteiger partial charge in [-0.1, -0.05) is 72.8 Å². The predicted molar refractivity (Wildman–Crippen MR) is 111 cm³/mol. The second-order valence-corrected chi connectivity index (χ2v) is 12.4. The molecule has 1 aliphatic rings. The summed E-state index contributed by atoms with van der Waals surface area (Å²) in [6.07, 6.45) is 4.15. The summed E-state index contributed by atoms with van der Waals surface area (Å²) in [5, 5.41) is 0. The van der Waals surface area contributed by atoms with Crippen LogP contribution >= 0.6 is 0 Å². The second kappa shape index (κ2) is 8.15. The third-order valence-corrected chi connectivity index (χ3v) is 5.73. The predicted octanol–water partition coefficient (Wildman–Crippen LogP) is 5.16. The Kier molecular flexibility index (Phi) is 5.88. The van der Waals surface area contributed by atoms with Gasteiger partial charge in [-0.25, -0.2) is 0 Å². The Hall–Kier alpha value is -2.30. The summed E-state index contributed by atoms with van der Waals surface area (Å²) in [5.41, 5.74) is 1.28. The monoisotopic (exact) mass is 378 g/mol. The van der Waals surface area contributed by atoms with E-state index >= 15 is 0 Å². The van der Waals surface area contributed by atoms with Gasteiger partial charge in [0.25, 0.3) is 0 Å². The SMILES string of the molecule is C[Si](C)(C)OC1C=CC[C@@H](C(=O)c2ccccc2)[C@@H]1C(=O)c1ccccc1. The molecule has 2 aromatic carbocycles. The van der Waals surface area contributed by atoms with Crippen molar-refractivity contribution in [2.24, 2.45) is 11.8 Å². The minimum absolute atomic E-state index is 0.0124. The van der Waals surface area contributed by atoms with Crippen molar-refractivity contribution in [3.63, 3.8) is 0 Å². The van der Waals surface area contributed by atoms with Crippen LogP contribution in [0.1, 0.15) is 27.1 Å². The minimum atomic E-state index is -1.89. The van der Waals surface area contributed by atoms with Crippen molar-refractivity contribution in [3.8, 4) is 0 Å². The van der Waals surface area contributed by atoms with Crippen molar-refractivity contribution >= 4 is 19.9 Å². The molecule has 3 rings (SSSR count). The zero-order valence-electron chi connectivity index (χ0n) is 16.1. The average Bonchev–Trinajstić information content (AvgIpc) is 2.67. The first-order valence-electron chi connectivity index (χ1n) is 9.40. The number of benzene rings is 2. The van der Waals surface area contributed by atoms with Gasteiger partial charge < -0.3 is 4.43 Å². The van der Waals surface area contributed by atoms with Crippen LogP contribution in [-0.4, -0.2) is 26.0 Å². The molecule has 0 amide bonds. The molecule has 0 N–H and O–H groups in total. The van der Waals surface area contributed by atoms with E-state index in [0.29, 0.717) is 17.5 Å². The van der Waals surface area contributed by atoms with E-state index in [4.69, 9.17) is 4.43 Å². The van der Waals surface area contributed by atoms with Gasteiger partial charge in [-0.2, -0.15) is 0 Å². The molecule has 140 valence electrons. The number of Topliss-reactive ketones (excluding diaryl/α,β-unsaturated/α-hetero) is 2. The molecule has 27 heavy (non-hydrogen) atoms. The highest BCUT2D eigenvalue weighted by Crippen LogP contribution is 2.34. The average molecular weight is 379 g/mol. The van der Waals surface area contributed by atoms with Crippen molar-refractivity contribution in [1.29, 1.82) is 0 Å². The number of carbonyl (C=O) groups is 2. The fraction of sp³-hybridized carbons (Fsp3) is 0.304. The Bertz CT molecular complexity index is 822. The molecule has 0 aromatic heterocycles. The van der Waals surface area contributed by atoms with Crippen LogP contribution in [-0.2, 0) is 4.43 Å². The summed E-state index contributed by atoms with van der Waals surface area (Å²) in [6.45, 7) is 6.31. The van der Waals surface area contributed by atoms with E-state index in [-0.39, 0.29) is 17.7 Å². The van der Waals surface area contributed by atoms with Crippen molar-refractivity contribution < 1.29 is 14.0 Å². The van der Waals surface area contributed by atoms with E-state index in [1.807, 2.05) is 72.8 Å². The number of allylic oxidation sites excluding steroid dienone is 1. The van der Waals surface area contributed by atoms with Crippen LogP contribution in [0.25, 0.3) is 0 Å². The molecule has 3 nitrogen and oxygen atoms in total. The molecule has 2 aromatic rings. The summed E-state index contributed by atoms with van der Waals surface area (Å²) in [5.74, 6) is -0.917. The lowest BCUT2D eigenvalue weighted by molar-refractivity contribution is 0.0591. The molecule has 4 heteroatoms. The summed E-state index contributed by atoms with van der Waals surface area (Å²) in [7, 11) is -1.89. The fourth-order valence-corrected chi connectivity index (χ4v) is 4.63. The lowest BCUT2D eigenvalue weighted by Crippen LogP contribution is -2.45. The number of hydrogen-bond donors (Lipinski definition) is 0. The molecular formula is C23H26O3Si. The van der Waals surface area contributed by atoms with Crippen LogP contribution in [0.3, 0.4) is 0 Å². The van der Waals surface area contributed by atoms with Gasteiger partial charge in [-0.3, -0.25) is 9.59 Å². The first kappa shape index (κ1) is 19.5. The molecule has 1 aliphatic carbocycles. The lowest BCUT2D eigenvalue weighted by Gasteiger charge is -2.36. The highest BCUT2D eigenvalue weighted by atomic mass is 28.4. The van der Waals surface area contributed by atoms with Gasteiger partial charge in [-0.15, -0.1) is 0 Å².